The van der Waals surface area contributed by atoms with E-state index in [-0.39, 0.29) is 0 Å². The van der Waals surface area contributed by atoms with Crippen LogP contribution in [0.15, 0.2) is 30.3 Å². The van der Waals surface area contributed by atoms with Gasteiger partial charge >= 0.3 is 5.97 Å². The summed E-state index contributed by atoms with van der Waals surface area (Å²) in [4.78, 5) is 12.9. The number of carbonyl (C=O) groups is 1. The average molecular weight is 277 g/mol. The molecule has 1 aromatic carbocycles. The van der Waals surface area contributed by atoms with E-state index in [0.717, 1.165) is 23.9 Å². The van der Waals surface area contributed by atoms with Crippen LogP contribution in [0.4, 0.5) is 5.69 Å². The number of aliphatic carboxylic acids is 1. The largest absolute Gasteiger partial charge is 0.478 e. The van der Waals surface area contributed by atoms with E-state index in [1.54, 1.807) is 6.08 Å². The Labute approximate surface area is 118 Å². The van der Waals surface area contributed by atoms with Crippen LogP contribution in [0.25, 0.3) is 6.08 Å². The Balaban J connectivity index is 2.03. The van der Waals surface area contributed by atoms with Gasteiger partial charge in [-0.15, -0.1) is 0 Å². The Morgan fingerprint density at radius 2 is 2.21 bits per heavy atom. The minimum absolute atomic E-state index is 0.723. The van der Waals surface area contributed by atoms with E-state index in [0.29, 0.717) is 0 Å². The molecule has 0 bridgehead atoms. The highest BCUT2D eigenvalue weighted by Crippen LogP contribution is 2.26. The minimum atomic E-state index is -0.914. The summed E-state index contributed by atoms with van der Waals surface area (Å²) in [5.41, 5.74) is 2.15. The maximum atomic E-state index is 10.5. The first kappa shape index (κ1) is 14.0. The molecule has 1 unspecified atom stereocenters. The molecule has 1 aromatic rings. The highest BCUT2D eigenvalue weighted by molar-refractivity contribution is 8.00. The topological polar surface area (TPSA) is 40.5 Å². The van der Waals surface area contributed by atoms with Crippen LogP contribution in [0.5, 0.6) is 0 Å². The van der Waals surface area contributed by atoms with Gasteiger partial charge in [0.25, 0.3) is 0 Å². The Morgan fingerprint density at radius 3 is 2.84 bits per heavy atom. The first-order valence-corrected chi connectivity index (χ1v) is 7.61. The third kappa shape index (κ3) is 4.03. The molecule has 2 rings (SSSR count). The zero-order valence-electron chi connectivity index (χ0n) is 11.1. The molecule has 19 heavy (non-hydrogen) atoms. The molecule has 0 spiro atoms. The predicted octanol–water partition coefficient (Wildman–Crippen LogP) is 3.12. The maximum absolute atomic E-state index is 10.5. The van der Waals surface area contributed by atoms with Gasteiger partial charge in [-0.2, -0.15) is 11.8 Å². The van der Waals surface area contributed by atoms with Gasteiger partial charge < -0.3 is 10.0 Å². The fraction of sp³-hybridized carbons (Fsp3) is 0.400. The molecule has 1 saturated heterocycles. The number of carboxylic acid groups (broad SMARTS) is 1. The normalized spacial score (nSPS) is 19.8. The molecule has 0 radical (unpaired) electrons. The second kappa shape index (κ2) is 6.66. The molecule has 1 aliphatic rings. The quantitative estimate of drug-likeness (QED) is 0.859. The molecular formula is C15H19NO2S. The summed E-state index contributed by atoms with van der Waals surface area (Å²) in [6, 6.07) is 8.09. The highest BCUT2D eigenvalue weighted by Gasteiger charge is 2.18. The number of hydrogen-bond donors (Lipinski definition) is 1. The molecule has 1 fully saturated rings. The summed E-state index contributed by atoms with van der Waals surface area (Å²) in [5, 5.41) is 9.31. The summed E-state index contributed by atoms with van der Waals surface area (Å²) in [7, 11) is 0. The lowest BCUT2D eigenvalue weighted by Crippen LogP contribution is -2.37. The van der Waals surface area contributed by atoms with Gasteiger partial charge in [0, 0.05) is 35.9 Å². The summed E-state index contributed by atoms with van der Waals surface area (Å²) in [6.45, 7) is 4.43. The van der Waals surface area contributed by atoms with Crippen LogP contribution in [0.3, 0.4) is 0 Å². The van der Waals surface area contributed by atoms with E-state index in [9.17, 15) is 4.79 Å². The lowest BCUT2D eigenvalue weighted by atomic mass is 10.1. The molecule has 0 saturated carbocycles. The second-order valence-corrected chi connectivity index (χ2v) is 6.02. The summed E-state index contributed by atoms with van der Waals surface area (Å²) < 4.78 is 0. The molecule has 1 heterocycles. The van der Waals surface area contributed by atoms with Crippen molar-refractivity contribution in [1.29, 1.82) is 0 Å². The number of thioether (sulfide) groups is 1. The number of carboxylic acids is 1. The molecule has 4 heteroatoms. The molecule has 0 aromatic heterocycles. The number of nitrogens with zero attached hydrogens (tertiary/aromatic N) is 1. The van der Waals surface area contributed by atoms with Crippen molar-refractivity contribution in [3.05, 3.63) is 35.9 Å². The van der Waals surface area contributed by atoms with Crippen molar-refractivity contribution in [3.63, 3.8) is 0 Å². The maximum Gasteiger partial charge on any atom is 0.328 e. The smallest absolute Gasteiger partial charge is 0.328 e. The van der Waals surface area contributed by atoms with Crippen molar-refractivity contribution in [1.82, 2.24) is 0 Å². The molecule has 0 amide bonds. The van der Waals surface area contributed by atoms with Crippen LogP contribution in [-0.4, -0.2) is 35.2 Å². The second-order valence-electron chi connectivity index (χ2n) is 4.61. The summed E-state index contributed by atoms with van der Waals surface area (Å²) in [6.07, 6.45) is 3.99. The third-order valence-electron chi connectivity index (χ3n) is 3.27. The van der Waals surface area contributed by atoms with E-state index in [1.165, 1.54) is 23.9 Å². The van der Waals surface area contributed by atoms with Gasteiger partial charge in [0.2, 0.25) is 0 Å². The Kier molecular flexibility index (Phi) is 4.91. The van der Waals surface area contributed by atoms with E-state index in [4.69, 9.17) is 5.11 Å². The van der Waals surface area contributed by atoms with Gasteiger partial charge in [-0.05, 0) is 30.2 Å². The van der Waals surface area contributed by atoms with E-state index in [2.05, 4.69) is 35.7 Å². The zero-order chi connectivity index (χ0) is 13.7. The molecular weight excluding hydrogens is 258 g/mol. The lowest BCUT2D eigenvalue weighted by molar-refractivity contribution is -0.131. The highest BCUT2D eigenvalue weighted by atomic mass is 32.2. The van der Waals surface area contributed by atoms with Crippen LogP contribution in [-0.2, 0) is 4.79 Å². The van der Waals surface area contributed by atoms with Crippen molar-refractivity contribution in [2.45, 2.75) is 18.6 Å². The van der Waals surface area contributed by atoms with Crippen molar-refractivity contribution >= 4 is 29.5 Å². The zero-order valence-corrected chi connectivity index (χ0v) is 11.9. The van der Waals surface area contributed by atoms with Crippen LogP contribution < -0.4 is 4.90 Å². The SMILES string of the molecule is CCC1CN(c2ccc(/C=C/C(=O)O)cc2)CCS1. The number of rotatable bonds is 4. The van der Waals surface area contributed by atoms with Gasteiger partial charge in [-0.3, -0.25) is 0 Å². The van der Waals surface area contributed by atoms with Gasteiger partial charge in [-0.1, -0.05) is 19.1 Å². The fourth-order valence-electron chi connectivity index (χ4n) is 2.16. The van der Waals surface area contributed by atoms with Crippen LogP contribution in [0, 0.1) is 0 Å². The molecule has 0 aliphatic carbocycles. The van der Waals surface area contributed by atoms with Gasteiger partial charge in [0.05, 0.1) is 0 Å². The van der Waals surface area contributed by atoms with Crippen molar-refractivity contribution in [3.8, 4) is 0 Å². The molecule has 1 aliphatic heterocycles. The number of anilines is 1. The summed E-state index contributed by atoms with van der Waals surface area (Å²) in [5.74, 6) is 0.266. The Hall–Kier alpha value is -1.42. The van der Waals surface area contributed by atoms with Crippen molar-refractivity contribution in [2.24, 2.45) is 0 Å². The van der Waals surface area contributed by atoms with Gasteiger partial charge in [0.15, 0.2) is 0 Å². The Morgan fingerprint density at radius 1 is 1.47 bits per heavy atom. The van der Waals surface area contributed by atoms with Crippen LogP contribution in [0.1, 0.15) is 18.9 Å². The average Bonchev–Trinajstić information content (AvgIpc) is 2.45. The van der Waals surface area contributed by atoms with Crippen LogP contribution >= 0.6 is 11.8 Å². The first-order valence-electron chi connectivity index (χ1n) is 6.56. The fourth-order valence-corrected chi connectivity index (χ4v) is 3.34. The lowest BCUT2D eigenvalue weighted by Gasteiger charge is -2.33. The van der Waals surface area contributed by atoms with Crippen molar-refractivity contribution < 1.29 is 9.90 Å². The van der Waals surface area contributed by atoms with E-state index in [1.807, 2.05) is 12.1 Å². The minimum Gasteiger partial charge on any atom is -0.478 e. The first-order chi connectivity index (χ1) is 9.19. The standard InChI is InChI=1S/C15H19NO2S/c1-2-14-11-16(9-10-19-14)13-6-3-12(4-7-13)5-8-15(17)18/h3-8,14H,2,9-11H2,1H3,(H,17,18)/b8-5+. The van der Waals surface area contributed by atoms with E-state index < -0.39 is 5.97 Å². The van der Waals surface area contributed by atoms with Gasteiger partial charge in [-0.25, -0.2) is 4.79 Å². The summed E-state index contributed by atoms with van der Waals surface area (Å²) >= 11 is 2.06. The predicted molar refractivity (Wildman–Crippen MR) is 81.9 cm³/mol. The Bertz CT molecular complexity index is 456. The molecule has 3 nitrogen and oxygen atoms in total. The number of hydrogen-bond acceptors (Lipinski definition) is 3. The monoisotopic (exact) mass is 277 g/mol. The number of benzene rings is 1. The van der Waals surface area contributed by atoms with Gasteiger partial charge in [0.1, 0.15) is 0 Å². The van der Waals surface area contributed by atoms with E-state index >= 15 is 0 Å². The molecule has 1 N–H and O–H groups in total. The molecule has 1 atom stereocenters. The van der Waals surface area contributed by atoms with Crippen LogP contribution in [0.2, 0.25) is 0 Å². The third-order valence-corrected chi connectivity index (χ3v) is 4.64. The van der Waals surface area contributed by atoms with Crippen molar-refractivity contribution in [2.75, 3.05) is 23.7 Å². The molecule has 102 valence electrons.